The predicted octanol–water partition coefficient (Wildman–Crippen LogP) is 1.30. The van der Waals surface area contributed by atoms with Crippen LogP contribution >= 0.6 is 0 Å². The van der Waals surface area contributed by atoms with Crippen LogP contribution in [0.5, 0.6) is 0 Å². The maximum Gasteiger partial charge on any atom is 0.240 e. The van der Waals surface area contributed by atoms with Gasteiger partial charge in [0.15, 0.2) is 0 Å². The van der Waals surface area contributed by atoms with Gasteiger partial charge in [0.05, 0.1) is 0 Å². The summed E-state index contributed by atoms with van der Waals surface area (Å²) in [7, 11) is 0. The highest BCUT2D eigenvalue weighted by molar-refractivity contribution is 5.88. The Kier molecular flexibility index (Phi) is 5.15. The number of amides is 2. The Morgan fingerprint density at radius 2 is 1.90 bits per heavy atom. The van der Waals surface area contributed by atoms with Gasteiger partial charge in [0.2, 0.25) is 11.8 Å². The highest BCUT2D eigenvalue weighted by Crippen LogP contribution is 2.28. The van der Waals surface area contributed by atoms with Crippen molar-refractivity contribution in [1.82, 2.24) is 5.32 Å². The van der Waals surface area contributed by atoms with E-state index in [4.69, 9.17) is 5.73 Å². The van der Waals surface area contributed by atoms with Crippen molar-refractivity contribution in [3.05, 3.63) is 0 Å². The van der Waals surface area contributed by atoms with Crippen LogP contribution in [0.2, 0.25) is 0 Å². The van der Waals surface area contributed by atoms with Crippen molar-refractivity contribution >= 4 is 17.6 Å². The van der Waals surface area contributed by atoms with Gasteiger partial charge in [-0.3, -0.25) is 14.4 Å². The van der Waals surface area contributed by atoms with Crippen LogP contribution in [0.25, 0.3) is 0 Å². The fraction of sp³-hybridized carbons (Fsp3) is 0.800. The van der Waals surface area contributed by atoms with Crippen LogP contribution in [0.4, 0.5) is 0 Å². The molecule has 0 aromatic rings. The van der Waals surface area contributed by atoms with Crippen LogP contribution < -0.4 is 11.1 Å². The van der Waals surface area contributed by atoms with Crippen molar-refractivity contribution < 1.29 is 14.4 Å². The molecule has 20 heavy (non-hydrogen) atoms. The molecule has 2 saturated carbocycles. The second kappa shape index (κ2) is 6.86. The summed E-state index contributed by atoms with van der Waals surface area (Å²) in [5, 5.41) is 2.77. The van der Waals surface area contributed by atoms with Crippen LogP contribution in [0, 0.1) is 11.8 Å². The number of nitrogens with one attached hydrogen (secondary N) is 1. The zero-order valence-electron chi connectivity index (χ0n) is 11.9. The highest BCUT2D eigenvalue weighted by atomic mass is 16.2. The van der Waals surface area contributed by atoms with Gasteiger partial charge in [-0.05, 0) is 37.5 Å². The first-order valence-electron chi connectivity index (χ1n) is 7.66. The van der Waals surface area contributed by atoms with Crippen LogP contribution in [-0.4, -0.2) is 23.6 Å². The number of nitrogens with two attached hydrogens (primary N) is 1. The highest BCUT2D eigenvalue weighted by Gasteiger charge is 2.32. The van der Waals surface area contributed by atoms with Gasteiger partial charge >= 0.3 is 0 Å². The van der Waals surface area contributed by atoms with Gasteiger partial charge in [-0.15, -0.1) is 0 Å². The van der Waals surface area contributed by atoms with Crippen molar-refractivity contribution in [2.75, 3.05) is 0 Å². The molecule has 0 aromatic carbocycles. The molecule has 5 heteroatoms. The monoisotopic (exact) mass is 280 g/mol. The molecule has 2 rings (SSSR count). The molecule has 0 aliphatic heterocycles. The Bertz CT molecular complexity index is 389. The maximum atomic E-state index is 12.0. The average Bonchev–Trinajstić information content (AvgIpc) is 2.88. The molecule has 2 aliphatic rings. The molecule has 2 fully saturated rings. The third-order valence-electron chi connectivity index (χ3n) is 4.56. The van der Waals surface area contributed by atoms with Gasteiger partial charge in [-0.1, -0.05) is 12.8 Å². The normalized spacial score (nSPS) is 25.4. The average molecular weight is 280 g/mol. The molecule has 2 amide bonds. The molecule has 0 bridgehead atoms. The second-order valence-corrected chi connectivity index (χ2v) is 6.20. The summed E-state index contributed by atoms with van der Waals surface area (Å²) >= 11 is 0. The van der Waals surface area contributed by atoms with E-state index < -0.39 is 11.9 Å². The number of hydrogen-bond donors (Lipinski definition) is 2. The molecule has 2 atom stereocenters. The third kappa shape index (κ3) is 4.05. The smallest absolute Gasteiger partial charge is 0.240 e. The summed E-state index contributed by atoms with van der Waals surface area (Å²) in [5.41, 5.74) is 5.40. The number of Topliss-reactive ketones (excluding diaryl/α,β-unsaturated/α-hetero) is 1. The molecule has 3 N–H and O–H groups in total. The topological polar surface area (TPSA) is 89.3 Å². The first-order chi connectivity index (χ1) is 9.56. The summed E-state index contributed by atoms with van der Waals surface area (Å²) in [5.74, 6) is -0.140. The van der Waals surface area contributed by atoms with E-state index in [1.807, 2.05) is 0 Å². The summed E-state index contributed by atoms with van der Waals surface area (Å²) in [6, 6.07) is -0.687. The summed E-state index contributed by atoms with van der Waals surface area (Å²) in [4.78, 5) is 35.1. The molecule has 0 saturated heterocycles. The van der Waals surface area contributed by atoms with Gasteiger partial charge < -0.3 is 11.1 Å². The minimum Gasteiger partial charge on any atom is -0.368 e. The van der Waals surface area contributed by atoms with Crippen molar-refractivity contribution in [2.24, 2.45) is 17.6 Å². The van der Waals surface area contributed by atoms with Gasteiger partial charge in [0.1, 0.15) is 11.8 Å². The van der Waals surface area contributed by atoms with E-state index in [-0.39, 0.29) is 17.6 Å². The number of hydrogen-bond acceptors (Lipinski definition) is 3. The zero-order valence-corrected chi connectivity index (χ0v) is 11.9. The fourth-order valence-electron chi connectivity index (χ4n) is 3.47. The Morgan fingerprint density at radius 1 is 1.20 bits per heavy atom. The van der Waals surface area contributed by atoms with Crippen molar-refractivity contribution in [1.29, 1.82) is 0 Å². The number of primary amides is 1. The Hall–Kier alpha value is -1.39. The Labute approximate surface area is 119 Å². The lowest BCUT2D eigenvalue weighted by Crippen LogP contribution is -2.50. The van der Waals surface area contributed by atoms with Crippen molar-refractivity contribution in [2.45, 2.75) is 63.8 Å². The second-order valence-electron chi connectivity index (χ2n) is 6.20. The lowest BCUT2D eigenvalue weighted by molar-refractivity contribution is -0.131. The number of rotatable bonds is 5. The van der Waals surface area contributed by atoms with E-state index in [0.717, 1.165) is 25.7 Å². The molecule has 0 unspecified atom stereocenters. The molecule has 0 aromatic heterocycles. The fourth-order valence-corrected chi connectivity index (χ4v) is 3.47. The maximum absolute atomic E-state index is 12.0. The van der Waals surface area contributed by atoms with E-state index >= 15 is 0 Å². The molecule has 0 radical (unpaired) electrons. The van der Waals surface area contributed by atoms with E-state index in [2.05, 4.69) is 5.32 Å². The van der Waals surface area contributed by atoms with E-state index in [9.17, 15) is 14.4 Å². The zero-order chi connectivity index (χ0) is 14.5. The van der Waals surface area contributed by atoms with Crippen molar-refractivity contribution in [3.8, 4) is 0 Å². The Balaban J connectivity index is 1.89. The minimum absolute atomic E-state index is 0.0984. The van der Waals surface area contributed by atoms with Crippen LogP contribution in [0.15, 0.2) is 0 Å². The van der Waals surface area contributed by atoms with Crippen molar-refractivity contribution in [3.63, 3.8) is 0 Å². The van der Waals surface area contributed by atoms with Gasteiger partial charge in [-0.25, -0.2) is 0 Å². The third-order valence-corrected chi connectivity index (χ3v) is 4.56. The lowest BCUT2D eigenvalue weighted by Gasteiger charge is -2.28. The first kappa shape index (κ1) is 15.0. The quantitative estimate of drug-likeness (QED) is 0.795. The summed E-state index contributed by atoms with van der Waals surface area (Å²) < 4.78 is 0. The molecule has 2 aliphatic carbocycles. The van der Waals surface area contributed by atoms with E-state index in [1.165, 1.54) is 12.8 Å². The molecule has 5 nitrogen and oxygen atoms in total. The standard InChI is InChI=1S/C15H24N2O3/c16-15(20)14(11-6-3-7-12(18)9-11)17-13(19)8-10-4-1-2-5-10/h10-11,14H,1-9H2,(H2,16,20)(H,17,19)/t11-,14-/m0/s1. The predicted molar refractivity (Wildman–Crippen MR) is 74.7 cm³/mol. The molecular formula is C15H24N2O3. The SMILES string of the molecule is NC(=O)[C@@H](NC(=O)CC1CCCC1)[C@H]1CCCC(=O)C1. The minimum atomic E-state index is -0.687. The van der Waals surface area contributed by atoms with Crippen LogP contribution in [0.1, 0.15) is 57.8 Å². The summed E-state index contributed by atoms with van der Waals surface area (Å²) in [6.45, 7) is 0. The van der Waals surface area contributed by atoms with Gasteiger partial charge in [0.25, 0.3) is 0 Å². The van der Waals surface area contributed by atoms with Crippen LogP contribution in [0.3, 0.4) is 0 Å². The molecule has 112 valence electrons. The number of ketones is 1. The molecule has 0 spiro atoms. The Morgan fingerprint density at radius 3 is 2.50 bits per heavy atom. The first-order valence-corrected chi connectivity index (χ1v) is 7.66. The molecular weight excluding hydrogens is 256 g/mol. The number of carbonyl (C=O) groups is 3. The van der Waals surface area contributed by atoms with E-state index in [1.54, 1.807) is 0 Å². The van der Waals surface area contributed by atoms with Gasteiger partial charge in [0, 0.05) is 19.3 Å². The van der Waals surface area contributed by atoms with E-state index in [0.29, 0.717) is 25.2 Å². The lowest BCUT2D eigenvalue weighted by atomic mass is 9.82. The number of carbonyl (C=O) groups excluding carboxylic acids is 3. The largest absolute Gasteiger partial charge is 0.368 e. The van der Waals surface area contributed by atoms with Gasteiger partial charge in [-0.2, -0.15) is 0 Å². The summed E-state index contributed by atoms with van der Waals surface area (Å²) in [6.07, 6.45) is 7.55. The molecule has 0 heterocycles. The van der Waals surface area contributed by atoms with Crippen LogP contribution in [-0.2, 0) is 14.4 Å².